The molecule has 0 radical (unpaired) electrons. The van der Waals surface area contributed by atoms with Gasteiger partial charge in [-0.25, -0.2) is 18.6 Å². The molecule has 2 N–H and O–H groups in total. The first kappa shape index (κ1) is 18.9. The predicted molar refractivity (Wildman–Crippen MR) is 92.6 cm³/mol. The molecule has 1 aromatic carbocycles. The SMILES string of the molecule is O=C(O)c1csc(CCNC(=O)C2CC(=O)N(c3ccc(F)cc3F)C2)n1. The van der Waals surface area contributed by atoms with Gasteiger partial charge in [0.25, 0.3) is 0 Å². The zero-order valence-corrected chi connectivity index (χ0v) is 14.8. The molecule has 2 aromatic rings. The van der Waals surface area contributed by atoms with Crippen molar-refractivity contribution in [2.45, 2.75) is 12.8 Å². The van der Waals surface area contributed by atoms with Gasteiger partial charge in [-0.1, -0.05) is 0 Å². The maximum absolute atomic E-state index is 13.9. The number of rotatable bonds is 6. The standard InChI is InChI=1S/C17H15F2N3O4S/c18-10-1-2-13(11(19)6-10)22-7-9(5-15(22)23)16(24)20-4-3-14-21-12(8-27-14)17(25)26/h1-2,6,8-9H,3-5,7H2,(H,20,24)(H,25,26). The number of carbonyl (C=O) groups excluding carboxylic acids is 2. The second-order valence-corrected chi connectivity index (χ2v) is 6.92. The Balaban J connectivity index is 1.54. The predicted octanol–water partition coefficient (Wildman–Crippen LogP) is 1.83. The Morgan fingerprint density at radius 3 is 2.81 bits per heavy atom. The van der Waals surface area contributed by atoms with E-state index in [0.717, 1.165) is 11.0 Å². The molecule has 1 unspecified atom stereocenters. The molecule has 2 amide bonds. The van der Waals surface area contributed by atoms with Gasteiger partial charge in [0, 0.05) is 37.4 Å². The Morgan fingerprint density at radius 2 is 2.15 bits per heavy atom. The summed E-state index contributed by atoms with van der Waals surface area (Å²) in [6.45, 7) is 0.245. The molecule has 27 heavy (non-hydrogen) atoms. The van der Waals surface area contributed by atoms with Gasteiger partial charge in [-0.3, -0.25) is 9.59 Å². The van der Waals surface area contributed by atoms with Crippen LogP contribution in [0.15, 0.2) is 23.6 Å². The number of halogens is 2. The third-order valence-corrected chi connectivity index (χ3v) is 5.01. The minimum absolute atomic E-state index is 0.00757. The first-order valence-corrected chi connectivity index (χ1v) is 8.94. The van der Waals surface area contributed by atoms with Crippen molar-refractivity contribution >= 4 is 34.8 Å². The maximum atomic E-state index is 13.9. The topological polar surface area (TPSA) is 99.6 Å². The maximum Gasteiger partial charge on any atom is 0.355 e. The van der Waals surface area contributed by atoms with E-state index in [1.54, 1.807) is 0 Å². The van der Waals surface area contributed by atoms with Gasteiger partial charge >= 0.3 is 5.97 Å². The minimum atomic E-state index is -1.11. The van der Waals surface area contributed by atoms with Gasteiger partial charge in [-0.15, -0.1) is 11.3 Å². The summed E-state index contributed by atoms with van der Waals surface area (Å²) in [4.78, 5) is 40.2. The smallest absolute Gasteiger partial charge is 0.355 e. The quantitative estimate of drug-likeness (QED) is 0.777. The van der Waals surface area contributed by atoms with Crippen molar-refractivity contribution in [3.63, 3.8) is 0 Å². The zero-order valence-electron chi connectivity index (χ0n) is 13.9. The number of anilines is 1. The molecule has 0 bridgehead atoms. The second kappa shape index (κ2) is 7.78. The van der Waals surface area contributed by atoms with Crippen LogP contribution >= 0.6 is 11.3 Å². The second-order valence-electron chi connectivity index (χ2n) is 5.97. The Kier molecular flexibility index (Phi) is 5.45. The van der Waals surface area contributed by atoms with E-state index in [9.17, 15) is 23.2 Å². The van der Waals surface area contributed by atoms with Gasteiger partial charge < -0.3 is 15.3 Å². The van der Waals surface area contributed by atoms with Crippen LogP contribution in [-0.4, -0.2) is 41.0 Å². The van der Waals surface area contributed by atoms with Crippen LogP contribution in [0, 0.1) is 17.6 Å². The largest absolute Gasteiger partial charge is 0.476 e. The van der Waals surface area contributed by atoms with E-state index in [0.29, 0.717) is 17.5 Å². The van der Waals surface area contributed by atoms with E-state index in [1.165, 1.54) is 22.8 Å². The summed E-state index contributed by atoms with van der Waals surface area (Å²) in [5, 5.41) is 13.5. The lowest BCUT2D eigenvalue weighted by molar-refractivity contribution is -0.126. The fraction of sp³-hybridized carbons (Fsp3) is 0.294. The average Bonchev–Trinajstić information content (AvgIpc) is 3.22. The van der Waals surface area contributed by atoms with Gasteiger partial charge in [0.05, 0.1) is 16.6 Å². The van der Waals surface area contributed by atoms with Gasteiger partial charge in [0.15, 0.2) is 5.69 Å². The van der Waals surface area contributed by atoms with Gasteiger partial charge in [0.1, 0.15) is 11.6 Å². The van der Waals surface area contributed by atoms with Crippen molar-refractivity contribution in [1.29, 1.82) is 0 Å². The normalized spacial score (nSPS) is 16.6. The van der Waals surface area contributed by atoms with Crippen LogP contribution in [0.3, 0.4) is 0 Å². The number of carbonyl (C=O) groups is 3. The number of aromatic nitrogens is 1. The molecule has 0 spiro atoms. The molecule has 1 atom stereocenters. The van der Waals surface area contributed by atoms with Gasteiger partial charge in [-0.2, -0.15) is 0 Å². The molecule has 0 aliphatic carbocycles. The van der Waals surface area contributed by atoms with E-state index in [-0.39, 0.29) is 36.8 Å². The highest BCUT2D eigenvalue weighted by Gasteiger charge is 2.36. The van der Waals surface area contributed by atoms with E-state index in [4.69, 9.17) is 5.11 Å². The monoisotopic (exact) mass is 395 g/mol. The van der Waals surface area contributed by atoms with Gasteiger partial charge in [-0.05, 0) is 12.1 Å². The van der Waals surface area contributed by atoms with Crippen LogP contribution in [0.4, 0.5) is 14.5 Å². The van der Waals surface area contributed by atoms with Crippen molar-refractivity contribution in [2.75, 3.05) is 18.0 Å². The van der Waals surface area contributed by atoms with E-state index in [1.807, 2.05) is 0 Å². The highest BCUT2D eigenvalue weighted by molar-refractivity contribution is 7.09. The fourth-order valence-corrected chi connectivity index (χ4v) is 3.55. The Bertz CT molecular complexity index is 902. The molecule has 0 saturated carbocycles. The van der Waals surface area contributed by atoms with Crippen LogP contribution in [0.1, 0.15) is 21.9 Å². The summed E-state index contributed by atoms with van der Waals surface area (Å²) >= 11 is 1.18. The van der Waals surface area contributed by atoms with Crippen molar-refractivity contribution < 1.29 is 28.3 Å². The molecule has 142 valence electrons. The molecule has 1 fully saturated rings. The number of thiazole rings is 1. The molecule has 1 saturated heterocycles. The number of nitrogens with one attached hydrogen (secondary N) is 1. The van der Waals surface area contributed by atoms with Crippen molar-refractivity contribution in [2.24, 2.45) is 5.92 Å². The third-order valence-electron chi connectivity index (χ3n) is 4.11. The number of hydrogen-bond donors (Lipinski definition) is 2. The summed E-state index contributed by atoms with van der Waals surface area (Å²) in [5.41, 5.74) is -0.0969. The molecule has 10 heteroatoms. The van der Waals surface area contributed by atoms with E-state index < -0.39 is 29.4 Å². The minimum Gasteiger partial charge on any atom is -0.476 e. The van der Waals surface area contributed by atoms with Gasteiger partial charge in [0.2, 0.25) is 11.8 Å². The lowest BCUT2D eigenvalue weighted by Gasteiger charge is -2.17. The first-order chi connectivity index (χ1) is 12.8. The van der Waals surface area contributed by atoms with Crippen LogP contribution < -0.4 is 10.2 Å². The lowest BCUT2D eigenvalue weighted by atomic mass is 10.1. The van der Waals surface area contributed by atoms with Crippen molar-refractivity contribution in [3.05, 3.63) is 45.9 Å². The Hall–Kier alpha value is -2.88. The zero-order chi connectivity index (χ0) is 19.6. The number of carboxylic acids is 1. The number of carboxylic acid groups (broad SMARTS) is 1. The number of benzene rings is 1. The number of nitrogens with zero attached hydrogens (tertiary/aromatic N) is 2. The number of aromatic carboxylic acids is 1. The first-order valence-electron chi connectivity index (χ1n) is 8.06. The fourth-order valence-electron chi connectivity index (χ4n) is 2.78. The summed E-state index contributed by atoms with van der Waals surface area (Å²) < 4.78 is 26.9. The Labute approximate surface area is 156 Å². The lowest BCUT2D eigenvalue weighted by Crippen LogP contribution is -2.34. The summed E-state index contributed by atoms with van der Waals surface area (Å²) in [7, 11) is 0. The van der Waals surface area contributed by atoms with E-state index >= 15 is 0 Å². The average molecular weight is 395 g/mol. The molecule has 7 nitrogen and oxygen atoms in total. The summed E-state index contributed by atoms with van der Waals surface area (Å²) in [6, 6.07) is 2.92. The summed E-state index contributed by atoms with van der Waals surface area (Å²) in [5.74, 6) is -4.13. The Morgan fingerprint density at radius 1 is 1.37 bits per heavy atom. The summed E-state index contributed by atoms with van der Waals surface area (Å²) in [6.07, 6.45) is 0.295. The molecule has 1 aliphatic rings. The van der Waals surface area contributed by atoms with Crippen molar-refractivity contribution in [3.8, 4) is 0 Å². The molecular weight excluding hydrogens is 380 g/mol. The molecular formula is C17H15F2N3O4S. The van der Waals surface area contributed by atoms with Crippen LogP contribution in [0.5, 0.6) is 0 Å². The molecule has 2 heterocycles. The highest BCUT2D eigenvalue weighted by Crippen LogP contribution is 2.28. The third kappa shape index (κ3) is 4.27. The number of amides is 2. The highest BCUT2D eigenvalue weighted by atomic mass is 32.1. The number of hydrogen-bond acceptors (Lipinski definition) is 5. The molecule has 1 aliphatic heterocycles. The van der Waals surface area contributed by atoms with Crippen LogP contribution in [0.2, 0.25) is 0 Å². The van der Waals surface area contributed by atoms with Crippen LogP contribution in [0.25, 0.3) is 0 Å². The molecule has 3 rings (SSSR count). The molecule has 1 aromatic heterocycles. The van der Waals surface area contributed by atoms with Crippen molar-refractivity contribution in [1.82, 2.24) is 10.3 Å². The van der Waals surface area contributed by atoms with Crippen LogP contribution in [-0.2, 0) is 16.0 Å². The van der Waals surface area contributed by atoms with E-state index in [2.05, 4.69) is 10.3 Å².